The molecular weight excluding hydrogens is 258 g/mol. The zero-order valence-corrected chi connectivity index (χ0v) is 11.1. The van der Waals surface area contributed by atoms with Crippen LogP contribution in [0, 0.1) is 10.1 Å². The molecule has 104 valence electrons. The molecule has 0 spiro atoms. The number of nitro groups is 1. The summed E-state index contributed by atoms with van der Waals surface area (Å²) >= 11 is 0. The van der Waals surface area contributed by atoms with Crippen LogP contribution in [0.15, 0.2) is 42.7 Å². The van der Waals surface area contributed by atoms with Gasteiger partial charge in [0.25, 0.3) is 0 Å². The van der Waals surface area contributed by atoms with Crippen molar-refractivity contribution in [3.8, 4) is 0 Å². The van der Waals surface area contributed by atoms with Crippen molar-refractivity contribution in [2.75, 3.05) is 6.54 Å². The normalized spacial score (nSPS) is 12.1. The second-order valence-corrected chi connectivity index (χ2v) is 4.61. The molecule has 2 rings (SSSR count). The summed E-state index contributed by atoms with van der Waals surface area (Å²) in [7, 11) is 1.73. The molecule has 0 N–H and O–H groups in total. The summed E-state index contributed by atoms with van der Waals surface area (Å²) in [5.74, 6) is -0.294. The fourth-order valence-electron chi connectivity index (χ4n) is 2.14. The van der Waals surface area contributed by atoms with Gasteiger partial charge >= 0.3 is 0 Å². The van der Waals surface area contributed by atoms with Gasteiger partial charge in [-0.1, -0.05) is 30.3 Å². The van der Waals surface area contributed by atoms with Gasteiger partial charge in [-0.25, -0.2) is 4.98 Å². The van der Waals surface area contributed by atoms with Crippen LogP contribution in [-0.4, -0.2) is 26.8 Å². The van der Waals surface area contributed by atoms with Crippen molar-refractivity contribution in [2.24, 2.45) is 7.05 Å². The quantitative estimate of drug-likeness (QED) is 0.458. The number of hydrogen-bond donors (Lipinski definition) is 0. The first-order valence-electron chi connectivity index (χ1n) is 6.25. The van der Waals surface area contributed by atoms with E-state index in [0.717, 1.165) is 5.56 Å². The Labute approximate surface area is 116 Å². The fourth-order valence-corrected chi connectivity index (χ4v) is 2.14. The van der Waals surface area contributed by atoms with E-state index in [2.05, 4.69) is 4.98 Å². The summed E-state index contributed by atoms with van der Waals surface area (Å²) < 4.78 is 1.62. The number of carbonyl (C=O) groups excluding carboxylic acids is 1. The second-order valence-electron chi connectivity index (χ2n) is 4.61. The number of imidazole rings is 1. The van der Waals surface area contributed by atoms with Gasteiger partial charge < -0.3 is 4.57 Å². The fraction of sp³-hybridized carbons (Fsp3) is 0.286. The highest BCUT2D eigenvalue weighted by atomic mass is 16.6. The predicted octanol–water partition coefficient (Wildman–Crippen LogP) is 2.05. The van der Waals surface area contributed by atoms with Crippen molar-refractivity contribution in [3.63, 3.8) is 0 Å². The summed E-state index contributed by atoms with van der Waals surface area (Å²) in [6.07, 6.45) is 3.30. The summed E-state index contributed by atoms with van der Waals surface area (Å²) in [6.45, 7) is -0.264. The lowest BCUT2D eigenvalue weighted by Crippen LogP contribution is -2.18. The lowest BCUT2D eigenvalue weighted by Gasteiger charge is -2.12. The zero-order valence-electron chi connectivity index (χ0n) is 11.1. The van der Waals surface area contributed by atoms with E-state index >= 15 is 0 Å². The molecule has 1 heterocycles. The van der Waals surface area contributed by atoms with Gasteiger partial charge in [-0.2, -0.15) is 0 Å². The smallest absolute Gasteiger partial charge is 0.211 e. The number of benzene rings is 1. The van der Waals surface area contributed by atoms with E-state index in [1.165, 1.54) is 6.20 Å². The molecule has 2 aromatic rings. The van der Waals surface area contributed by atoms with Crippen LogP contribution in [0.3, 0.4) is 0 Å². The Bertz CT molecular complexity index is 607. The maximum absolute atomic E-state index is 12.2. The van der Waals surface area contributed by atoms with E-state index in [-0.39, 0.29) is 23.7 Å². The molecule has 1 aromatic carbocycles. The van der Waals surface area contributed by atoms with E-state index < -0.39 is 5.92 Å². The molecule has 20 heavy (non-hydrogen) atoms. The van der Waals surface area contributed by atoms with E-state index in [0.29, 0.717) is 5.82 Å². The zero-order chi connectivity index (χ0) is 14.5. The number of carbonyl (C=O) groups is 1. The molecule has 0 saturated heterocycles. The third-order valence-corrected chi connectivity index (χ3v) is 3.14. The number of ketones is 1. The molecule has 6 heteroatoms. The molecule has 0 radical (unpaired) electrons. The third-order valence-electron chi connectivity index (χ3n) is 3.14. The molecule has 1 aromatic heterocycles. The Hall–Kier alpha value is -2.50. The van der Waals surface area contributed by atoms with Gasteiger partial charge in [0, 0.05) is 30.8 Å². The molecular formula is C14H15N3O3. The SMILES string of the molecule is Cn1ccnc1C(=O)CC(C[N+](=O)[O-])c1ccccc1. The Morgan fingerprint density at radius 2 is 2.10 bits per heavy atom. The lowest BCUT2D eigenvalue weighted by atomic mass is 9.93. The minimum atomic E-state index is -0.435. The van der Waals surface area contributed by atoms with Crippen molar-refractivity contribution in [1.29, 1.82) is 0 Å². The number of Topliss-reactive ketones (excluding diaryl/α,β-unsaturated/α-hetero) is 1. The van der Waals surface area contributed by atoms with E-state index in [9.17, 15) is 14.9 Å². The van der Waals surface area contributed by atoms with Gasteiger partial charge in [0.15, 0.2) is 11.6 Å². The Morgan fingerprint density at radius 1 is 1.40 bits per heavy atom. The molecule has 0 fully saturated rings. The monoisotopic (exact) mass is 273 g/mol. The Morgan fingerprint density at radius 3 is 2.65 bits per heavy atom. The Kier molecular flexibility index (Phi) is 4.24. The van der Waals surface area contributed by atoms with Gasteiger partial charge in [-0.3, -0.25) is 14.9 Å². The van der Waals surface area contributed by atoms with Crippen LogP contribution in [0.4, 0.5) is 0 Å². The largest absolute Gasteiger partial charge is 0.332 e. The van der Waals surface area contributed by atoms with Crippen molar-refractivity contribution < 1.29 is 9.72 Å². The lowest BCUT2D eigenvalue weighted by molar-refractivity contribution is -0.483. The van der Waals surface area contributed by atoms with Gasteiger partial charge in [0.1, 0.15) is 0 Å². The van der Waals surface area contributed by atoms with Gasteiger partial charge in [0.05, 0.1) is 5.92 Å². The van der Waals surface area contributed by atoms with Crippen molar-refractivity contribution >= 4 is 5.78 Å². The molecule has 6 nitrogen and oxygen atoms in total. The van der Waals surface area contributed by atoms with E-state index in [4.69, 9.17) is 0 Å². The first-order chi connectivity index (χ1) is 9.58. The number of hydrogen-bond acceptors (Lipinski definition) is 4. The predicted molar refractivity (Wildman–Crippen MR) is 73.2 cm³/mol. The summed E-state index contributed by atoms with van der Waals surface area (Å²) in [5.41, 5.74) is 0.798. The minimum absolute atomic E-state index is 0.0792. The molecule has 0 saturated carbocycles. The van der Waals surface area contributed by atoms with Gasteiger partial charge in [-0.05, 0) is 5.56 Å². The summed E-state index contributed by atoms with van der Waals surface area (Å²) in [5, 5.41) is 10.8. The second kappa shape index (κ2) is 6.10. The standard InChI is InChI=1S/C14H15N3O3/c1-16-8-7-15-14(16)13(18)9-12(10-17(19)20)11-5-3-2-4-6-11/h2-8,12H,9-10H2,1H3. The number of nitrogens with zero attached hydrogens (tertiary/aromatic N) is 3. The van der Waals surface area contributed by atoms with Gasteiger partial charge in [-0.15, -0.1) is 0 Å². The number of aryl methyl sites for hydroxylation is 1. The molecule has 0 aliphatic rings. The van der Waals surface area contributed by atoms with Crippen LogP contribution in [0.2, 0.25) is 0 Å². The molecule has 0 amide bonds. The van der Waals surface area contributed by atoms with Crippen LogP contribution in [0.5, 0.6) is 0 Å². The van der Waals surface area contributed by atoms with E-state index in [1.54, 1.807) is 29.9 Å². The highest BCUT2D eigenvalue weighted by molar-refractivity contribution is 5.93. The summed E-state index contributed by atoms with van der Waals surface area (Å²) in [6, 6.07) is 9.08. The average Bonchev–Trinajstić information content (AvgIpc) is 2.85. The molecule has 1 unspecified atom stereocenters. The average molecular weight is 273 g/mol. The van der Waals surface area contributed by atoms with Crippen molar-refractivity contribution in [2.45, 2.75) is 12.3 Å². The van der Waals surface area contributed by atoms with Gasteiger partial charge in [0.2, 0.25) is 6.54 Å². The Balaban J connectivity index is 2.18. The minimum Gasteiger partial charge on any atom is -0.332 e. The van der Waals surface area contributed by atoms with Crippen molar-refractivity contribution in [3.05, 3.63) is 64.2 Å². The summed E-state index contributed by atoms with van der Waals surface area (Å²) in [4.78, 5) is 26.6. The molecule has 0 aliphatic heterocycles. The number of rotatable bonds is 6. The van der Waals surface area contributed by atoms with E-state index in [1.807, 2.05) is 18.2 Å². The van der Waals surface area contributed by atoms with Crippen LogP contribution in [-0.2, 0) is 7.05 Å². The highest BCUT2D eigenvalue weighted by Crippen LogP contribution is 2.21. The van der Waals surface area contributed by atoms with Crippen LogP contribution in [0.25, 0.3) is 0 Å². The highest BCUT2D eigenvalue weighted by Gasteiger charge is 2.23. The van der Waals surface area contributed by atoms with Crippen molar-refractivity contribution in [1.82, 2.24) is 9.55 Å². The molecule has 1 atom stereocenters. The maximum Gasteiger partial charge on any atom is 0.211 e. The topological polar surface area (TPSA) is 78.0 Å². The first-order valence-corrected chi connectivity index (χ1v) is 6.25. The van der Waals surface area contributed by atoms with Crippen LogP contribution in [0.1, 0.15) is 28.5 Å². The molecule has 0 bridgehead atoms. The molecule has 0 aliphatic carbocycles. The van der Waals surface area contributed by atoms with Crippen LogP contribution < -0.4 is 0 Å². The third kappa shape index (κ3) is 3.28. The number of aromatic nitrogens is 2. The van der Waals surface area contributed by atoms with Crippen LogP contribution >= 0.6 is 0 Å². The maximum atomic E-state index is 12.2. The first kappa shape index (κ1) is 13.9.